The van der Waals surface area contributed by atoms with Gasteiger partial charge in [0.25, 0.3) is 0 Å². The summed E-state index contributed by atoms with van der Waals surface area (Å²) < 4.78 is 0. The lowest BCUT2D eigenvalue weighted by atomic mass is 10.2. The predicted molar refractivity (Wildman–Crippen MR) is 84.8 cm³/mol. The second-order valence-electron chi connectivity index (χ2n) is 5.21. The van der Waals surface area contributed by atoms with E-state index < -0.39 is 0 Å². The van der Waals surface area contributed by atoms with Gasteiger partial charge in [-0.05, 0) is 42.7 Å². The van der Waals surface area contributed by atoms with Crippen molar-refractivity contribution in [1.82, 2.24) is 5.43 Å². The van der Waals surface area contributed by atoms with Crippen molar-refractivity contribution in [1.29, 1.82) is 0 Å². The van der Waals surface area contributed by atoms with Crippen LogP contribution in [0.3, 0.4) is 0 Å². The first-order valence-corrected chi connectivity index (χ1v) is 7.30. The Bertz CT molecular complexity index is 533. The molecule has 1 aliphatic heterocycles. The summed E-state index contributed by atoms with van der Waals surface area (Å²) in [6.45, 7) is 3.20. The molecule has 2 aromatic rings. The van der Waals surface area contributed by atoms with Crippen LogP contribution in [0.4, 0.5) is 11.4 Å². The highest BCUT2D eigenvalue weighted by atomic mass is 15.3. The van der Waals surface area contributed by atoms with E-state index in [-0.39, 0.29) is 0 Å². The Balaban J connectivity index is 1.56. The molecule has 0 radical (unpaired) electrons. The molecule has 3 heteroatoms. The topological polar surface area (TPSA) is 27.3 Å². The van der Waals surface area contributed by atoms with E-state index in [9.17, 15) is 0 Å². The maximum absolute atomic E-state index is 3.27. The average Bonchev–Trinajstić information content (AvgIpc) is 3.03. The minimum Gasteiger partial charge on any atom is -0.372 e. The van der Waals surface area contributed by atoms with Gasteiger partial charge in [0.15, 0.2) is 0 Å². The molecule has 0 aromatic heterocycles. The first kappa shape index (κ1) is 13.0. The van der Waals surface area contributed by atoms with Gasteiger partial charge in [0.05, 0.1) is 0 Å². The third-order valence-electron chi connectivity index (χ3n) is 3.68. The van der Waals surface area contributed by atoms with Crippen molar-refractivity contribution in [3.63, 3.8) is 0 Å². The number of nitrogens with zero attached hydrogens (tertiary/aromatic N) is 1. The number of nitrogens with one attached hydrogen (secondary N) is 2. The SMILES string of the molecule is c1ccc(NNCc2cccc(N3CCCC3)c2)cc1. The van der Waals surface area contributed by atoms with Crippen molar-refractivity contribution in [2.45, 2.75) is 19.4 Å². The lowest BCUT2D eigenvalue weighted by Gasteiger charge is -2.18. The Morgan fingerprint density at radius 3 is 2.50 bits per heavy atom. The monoisotopic (exact) mass is 267 g/mol. The van der Waals surface area contributed by atoms with Crippen LogP contribution in [0.25, 0.3) is 0 Å². The van der Waals surface area contributed by atoms with E-state index in [1.165, 1.54) is 37.2 Å². The molecule has 0 atom stereocenters. The van der Waals surface area contributed by atoms with Crippen LogP contribution < -0.4 is 15.8 Å². The minimum atomic E-state index is 0.816. The van der Waals surface area contributed by atoms with Crippen LogP contribution in [0.15, 0.2) is 54.6 Å². The fraction of sp³-hybridized carbons (Fsp3) is 0.294. The van der Waals surface area contributed by atoms with Crippen LogP contribution in [-0.4, -0.2) is 13.1 Å². The molecule has 0 bridgehead atoms. The van der Waals surface area contributed by atoms with E-state index in [1.807, 2.05) is 30.3 Å². The lowest BCUT2D eigenvalue weighted by molar-refractivity contribution is 0.800. The lowest BCUT2D eigenvalue weighted by Crippen LogP contribution is -2.21. The molecule has 1 heterocycles. The Labute approximate surface area is 120 Å². The van der Waals surface area contributed by atoms with Crippen LogP contribution in [0.1, 0.15) is 18.4 Å². The van der Waals surface area contributed by atoms with Crippen molar-refractivity contribution >= 4 is 11.4 Å². The fourth-order valence-electron chi connectivity index (χ4n) is 2.61. The Hall–Kier alpha value is -2.00. The molecule has 1 fully saturated rings. The minimum absolute atomic E-state index is 0.816. The molecule has 104 valence electrons. The predicted octanol–water partition coefficient (Wildman–Crippen LogP) is 3.40. The molecule has 3 nitrogen and oxygen atoms in total. The molecule has 0 spiro atoms. The van der Waals surface area contributed by atoms with E-state index in [0.29, 0.717) is 0 Å². The van der Waals surface area contributed by atoms with E-state index >= 15 is 0 Å². The maximum Gasteiger partial charge on any atom is 0.0487 e. The normalized spacial score (nSPS) is 14.5. The second kappa shape index (κ2) is 6.44. The molecule has 0 amide bonds. The summed E-state index contributed by atoms with van der Waals surface area (Å²) in [5.41, 5.74) is 10.2. The zero-order chi connectivity index (χ0) is 13.6. The van der Waals surface area contributed by atoms with Gasteiger partial charge in [0, 0.05) is 31.0 Å². The van der Waals surface area contributed by atoms with Gasteiger partial charge in [-0.15, -0.1) is 0 Å². The van der Waals surface area contributed by atoms with E-state index in [4.69, 9.17) is 0 Å². The summed E-state index contributed by atoms with van der Waals surface area (Å²) in [6, 6.07) is 19.0. The van der Waals surface area contributed by atoms with Crippen LogP contribution in [0.2, 0.25) is 0 Å². The van der Waals surface area contributed by atoms with E-state index in [1.54, 1.807) is 0 Å². The molecule has 1 saturated heterocycles. The highest BCUT2D eigenvalue weighted by Gasteiger charge is 2.11. The van der Waals surface area contributed by atoms with Crippen molar-refractivity contribution in [3.05, 3.63) is 60.2 Å². The van der Waals surface area contributed by atoms with Gasteiger partial charge in [-0.25, -0.2) is 5.43 Å². The number of anilines is 2. The maximum atomic E-state index is 3.27. The summed E-state index contributed by atoms with van der Waals surface area (Å²) in [5.74, 6) is 0. The van der Waals surface area contributed by atoms with Crippen LogP contribution in [0, 0.1) is 0 Å². The number of para-hydroxylation sites is 1. The number of hydrogen-bond acceptors (Lipinski definition) is 3. The first-order valence-electron chi connectivity index (χ1n) is 7.30. The van der Waals surface area contributed by atoms with Gasteiger partial charge in [0.2, 0.25) is 0 Å². The van der Waals surface area contributed by atoms with Crippen LogP contribution in [-0.2, 0) is 6.54 Å². The third kappa shape index (κ3) is 3.31. The quantitative estimate of drug-likeness (QED) is 0.813. The highest BCUT2D eigenvalue weighted by Crippen LogP contribution is 2.21. The Kier molecular flexibility index (Phi) is 4.19. The van der Waals surface area contributed by atoms with Gasteiger partial charge in [-0.1, -0.05) is 30.3 Å². The molecule has 2 N–H and O–H groups in total. The summed E-state index contributed by atoms with van der Waals surface area (Å²) >= 11 is 0. The smallest absolute Gasteiger partial charge is 0.0487 e. The standard InChI is InChI=1S/C17H21N3/c1-2-8-16(9-3-1)19-18-14-15-7-6-10-17(13-15)20-11-4-5-12-20/h1-3,6-10,13,18-19H,4-5,11-12,14H2. The van der Waals surface area contributed by atoms with Gasteiger partial charge < -0.3 is 10.3 Å². The van der Waals surface area contributed by atoms with Gasteiger partial charge in [0.1, 0.15) is 0 Å². The zero-order valence-corrected chi connectivity index (χ0v) is 11.7. The molecule has 2 aromatic carbocycles. The molecule has 1 aliphatic rings. The van der Waals surface area contributed by atoms with Crippen molar-refractivity contribution in [2.75, 3.05) is 23.4 Å². The number of hydrazine groups is 1. The fourth-order valence-corrected chi connectivity index (χ4v) is 2.61. The summed E-state index contributed by atoms with van der Waals surface area (Å²) in [6.07, 6.45) is 2.64. The average molecular weight is 267 g/mol. The van der Waals surface area contributed by atoms with E-state index in [0.717, 1.165) is 12.2 Å². The Morgan fingerprint density at radius 1 is 0.900 bits per heavy atom. The summed E-state index contributed by atoms with van der Waals surface area (Å²) in [5, 5.41) is 0. The van der Waals surface area contributed by atoms with Gasteiger partial charge in [-0.3, -0.25) is 0 Å². The molecule has 20 heavy (non-hydrogen) atoms. The second-order valence-corrected chi connectivity index (χ2v) is 5.21. The van der Waals surface area contributed by atoms with Gasteiger partial charge in [-0.2, -0.15) is 0 Å². The number of hydrogen-bond donors (Lipinski definition) is 2. The zero-order valence-electron chi connectivity index (χ0n) is 11.7. The molecule has 0 unspecified atom stereocenters. The molecule has 0 saturated carbocycles. The summed E-state index contributed by atoms with van der Waals surface area (Å²) in [7, 11) is 0. The van der Waals surface area contributed by atoms with Crippen molar-refractivity contribution < 1.29 is 0 Å². The molecular weight excluding hydrogens is 246 g/mol. The highest BCUT2D eigenvalue weighted by molar-refractivity contribution is 5.49. The molecule has 0 aliphatic carbocycles. The molecule has 3 rings (SSSR count). The van der Waals surface area contributed by atoms with Crippen molar-refractivity contribution in [2.24, 2.45) is 0 Å². The van der Waals surface area contributed by atoms with Crippen molar-refractivity contribution in [3.8, 4) is 0 Å². The molecular formula is C17H21N3. The number of rotatable bonds is 5. The van der Waals surface area contributed by atoms with E-state index in [2.05, 4.69) is 40.0 Å². The first-order chi connectivity index (χ1) is 9.92. The summed E-state index contributed by atoms with van der Waals surface area (Å²) in [4.78, 5) is 2.47. The van der Waals surface area contributed by atoms with Crippen LogP contribution >= 0.6 is 0 Å². The largest absolute Gasteiger partial charge is 0.372 e. The number of benzene rings is 2. The third-order valence-corrected chi connectivity index (χ3v) is 3.68. The van der Waals surface area contributed by atoms with Crippen LogP contribution in [0.5, 0.6) is 0 Å². The van der Waals surface area contributed by atoms with Gasteiger partial charge >= 0.3 is 0 Å². The Morgan fingerprint density at radius 2 is 1.70 bits per heavy atom.